The maximum atomic E-state index is 12.9. The molecule has 150 valence electrons. The molecule has 0 saturated carbocycles. The molecule has 3 amide bonds. The van der Waals surface area contributed by atoms with Crippen molar-refractivity contribution in [2.24, 2.45) is 5.92 Å². The van der Waals surface area contributed by atoms with Gasteiger partial charge in [-0.2, -0.15) is 0 Å². The van der Waals surface area contributed by atoms with Crippen LogP contribution in [0.4, 0.5) is 11.4 Å². The summed E-state index contributed by atoms with van der Waals surface area (Å²) in [6.07, 6.45) is 1.56. The molecule has 2 aromatic rings. The molecule has 1 N–H and O–H groups in total. The van der Waals surface area contributed by atoms with Gasteiger partial charge in [0.15, 0.2) is 0 Å². The number of hydrogen-bond donors (Lipinski definition) is 1. The summed E-state index contributed by atoms with van der Waals surface area (Å²) in [5.74, 6) is -0.522. The normalized spacial score (nSPS) is 20.2. The van der Waals surface area contributed by atoms with E-state index in [0.717, 1.165) is 17.7 Å². The van der Waals surface area contributed by atoms with Crippen molar-refractivity contribution in [1.29, 1.82) is 0 Å². The summed E-state index contributed by atoms with van der Waals surface area (Å²) in [5.41, 5.74) is 2.40. The standard InChI is InChI=1S/C23H25N3O3/c1-16(17-8-3-2-4-9-17)26-15-18(14-22(26)28)23(29)24-19-10-5-6-11-20(19)25-13-7-12-21(25)27/h2-6,8-11,16,18H,7,12-15H2,1H3,(H,24,29)/t16-,18+/m1/s1. The van der Waals surface area contributed by atoms with Crippen LogP contribution < -0.4 is 10.2 Å². The van der Waals surface area contributed by atoms with Gasteiger partial charge >= 0.3 is 0 Å². The van der Waals surface area contributed by atoms with E-state index >= 15 is 0 Å². The molecular weight excluding hydrogens is 366 g/mol. The molecule has 29 heavy (non-hydrogen) atoms. The first-order valence-electron chi connectivity index (χ1n) is 10.1. The molecule has 0 radical (unpaired) electrons. The Kier molecular flexibility index (Phi) is 5.34. The molecule has 0 unspecified atom stereocenters. The third kappa shape index (κ3) is 3.88. The number of likely N-dealkylation sites (tertiary alicyclic amines) is 1. The van der Waals surface area contributed by atoms with Gasteiger partial charge in [-0.3, -0.25) is 14.4 Å². The monoisotopic (exact) mass is 391 g/mol. The van der Waals surface area contributed by atoms with Gasteiger partial charge in [-0.1, -0.05) is 42.5 Å². The van der Waals surface area contributed by atoms with E-state index in [1.165, 1.54) is 0 Å². The van der Waals surface area contributed by atoms with Crippen molar-refractivity contribution in [2.75, 3.05) is 23.3 Å². The van der Waals surface area contributed by atoms with Crippen LogP contribution in [0.2, 0.25) is 0 Å². The van der Waals surface area contributed by atoms with E-state index in [4.69, 9.17) is 0 Å². The molecule has 2 aliphatic rings. The summed E-state index contributed by atoms with van der Waals surface area (Å²) in [6, 6.07) is 17.1. The number of nitrogens with one attached hydrogen (secondary N) is 1. The zero-order chi connectivity index (χ0) is 20.4. The third-order valence-corrected chi connectivity index (χ3v) is 5.80. The molecule has 4 rings (SSSR count). The lowest BCUT2D eigenvalue weighted by atomic mass is 10.1. The average Bonchev–Trinajstić information content (AvgIpc) is 3.34. The first-order valence-corrected chi connectivity index (χ1v) is 10.1. The number of benzene rings is 2. The van der Waals surface area contributed by atoms with Crippen LogP contribution in [0.3, 0.4) is 0 Å². The van der Waals surface area contributed by atoms with E-state index in [9.17, 15) is 14.4 Å². The Morgan fingerprint density at radius 1 is 1.03 bits per heavy atom. The quantitative estimate of drug-likeness (QED) is 0.850. The fourth-order valence-corrected chi connectivity index (χ4v) is 4.15. The maximum absolute atomic E-state index is 12.9. The Morgan fingerprint density at radius 2 is 1.76 bits per heavy atom. The number of anilines is 2. The molecule has 2 aromatic carbocycles. The van der Waals surface area contributed by atoms with Gasteiger partial charge in [0, 0.05) is 25.9 Å². The Labute approximate surface area is 170 Å². The van der Waals surface area contributed by atoms with Gasteiger partial charge in [-0.05, 0) is 31.0 Å². The highest BCUT2D eigenvalue weighted by Gasteiger charge is 2.37. The number of rotatable bonds is 5. The van der Waals surface area contributed by atoms with Gasteiger partial charge in [0.25, 0.3) is 0 Å². The van der Waals surface area contributed by atoms with Crippen LogP contribution in [0, 0.1) is 5.92 Å². The summed E-state index contributed by atoms with van der Waals surface area (Å²) in [7, 11) is 0. The Balaban J connectivity index is 1.46. The maximum Gasteiger partial charge on any atom is 0.229 e. The van der Waals surface area contributed by atoms with Crippen LogP contribution in [0.25, 0.3) is 0 Å². The van der Waals surface area contributed by atoms with Crippen LogP contribution in [-0.4, -0.2) is 35.7 Å². The van der Waals surface area contributed by atoms with Crippen molar-refractivity contribution in [3.63, 3.8) is 0 Å². The summed E-state index contributed by atoms with van der Waals surface area (Å²) in [6.45, 7) is 3.04. The van der Waals surface area contributed by atoms with Gasteiger partial charge in [0.1, 0.15) is 0 Å². The number of hydrogen-bond acceptors (Lipinski definition) is 3. The van der Waals surface area contributed by atoms with Gasteiger partial charge in [-0.15, -0.1) is 0 Å². The second kappa shape index (κ2) is 8.07. The minimum absolute atomic E-state index is 0.00971. The molecule has 2 aliphatic heterocycles. The minimum atomic E-state index is -0.406. The fraction of sp³-hybridized carbons (Fsp3) is 0.348. The zero-order valence-electron chi connectivity index (χ0n) is 16.5. The third-order valence-electron chi connectivity index (χ3n) is 5.80. The highest BCUT2D eigenvalue weighted by Crippen LogP contribution is 2.32. The number of carbonyl (C=O) groups is 3. The predicted molar refractivity (Wildman–Crippen MR) is 111 cm³/mol. The molecule has 6 nitrogen and oxygen atoms in total. The Bertz CT molecular complexity index is 928. The molecule has 2 heterocycles. The van der Waals surface area contributed by atoms with E-state index in [0.29, 0.717) is 25.2 Å². The summed E-state index contributed by atoms with van der Waals surface area (Å²) < 4.78 is 0. The highest BCUT2D eigenvalue weighted by molar-refractivity contribution is 6.03. The predicted octanol–water partition coefficient (Wildman–Crippen LogP) is 3.36. The van der Waals surface area contributed by atoms with Crippen molar-refractivity contribution in [1.82, 2.24) is 4.90 Å². The lowest BCUT2D eigenvalue weighted by Crippen LogP contribution is -2.31. The lowest BCUT2D eigenvalue weighted by molar-refractivity contribution is -0.129. The lowest BCUT2D eigenvalue weighted by Gasteiger charge is -2.25. The van der Waals surface area contributed by atoms with Crippen molar-refractivity contribution < 1.29 is 14.4 Å². The fourth-order valence-electron chi connectivity index (χ4n) is 4.15. The number of para-hydroxylation sites is 2. The van der Waals surface area contributed by atoms with Crippen LogP contribution >= 0.6 is 0 Å². The first-order chi connectivity index (χ1) is 14.0. The number of amides is 3. The molecule has 2 fully saturated rings. The smallest absolute Gasteiger partial charge is 0.229 e. The molecular formula is C23H25N3O3. The topological polar surface area (TPSA) is 69.7 Å². The van der Waals surface area contributed by atoms with Gasteiger partial charge in [-0.25, -0.2) is 0 Å². The molecule has 0 aromatic heterocycles. The van der Waals surface area contributed by atoms with Crippen LogP contribution in [0.5, 0.6) is 0 Å². The number of nitrogens with zero attached hydrogens (tertiary/aromatic N) is 2. The SMILES string of the molecule is C[C@H](c1ccccc1)N1C[C@@H](C(=O)Nc2ccccc2N2CCCC2=O)CC1=O. The average molecular weight is 391 g/mol. The van der Waals surface area contributed by atoms with E-state index in [1.54, 1.807) is 15.9 Å². The Morgan fingerprint density at radius 3 is 2.48 bits per heavy atom. The van der Waals surface area contributed by atoms with Crippen LogP contribution in [0.1, 0.15) is 37.8 Å². The molecule has 0 spiro atoms. The van der Waals surface area contributed by atoms with E-state index < -0.39 is 5.92 Å². The van der Waals surface area contributed by atoms with Crippen molar-refractivity contribution in [3.05, 3.63) is 60.2 Å². The van der Waals surface area contributed by atoms with Gasteiger partial charge in [0.05, 0.1) is 23.3 Å². The summed E-state index contributed by atoms with van der Waals surface area (Å²) in [5, 5.41) is 2.96. The minimum Gasteiger partial charge on any atom is -0.335 e. The summed E-state index contributed by atoms with van der Waals surface area (Å²) >= 11 is 0. The largest absolute Gasteiger partial charge is 0.335 e. The Hall–Kier alpha value is -3.15. The van der Waals surface area contributed by atoms with Crippen LogP contribution in [-0.2, 0) is 14.4 Å². The molecule has 6 heteroatoms. The number of carbonyl (C=O) groups excluding carboxylic acids is 3. The van der Waals surface area contributed by atoms with Gasteiger partial charge < -0.3 is 15.1 Å². The van der Waals surface area contributed by atoms with E-state index in [1.807, 2.05) is 55.5 Å². The van der Waals surface area contributed by atoms with Crippen molar-refractivity contribution in [2.45, 2.75) is 32.2 Å². The molecule has 0 aliphatic carbocycles. The zero-order valence-corrected chi connectivity index (χ0v) is 16.5. The van der Waals surface area contributed by atoms with Crippen molar-refractivity contribution in [3.8, 4) is 0 Å². The highest BCUT2D eigenvalue weighted by atomic mass is 16.2. The second-order valence-electron chi connectivity index (χ2n) is 7.69. The van der Waals surface area contributed by atoms with Crippen molar-refractivity contribution >= 4 is 29.1 Å². The molecule has 0 bridgehead atoms. The van der Waals surface area contributed by atoms with Crippen LogP contribution in [0.15, 0.2) is 54.6 Å². The first kappa shape index (κ1) is 19.2. The molecule has 2 atom stereocenters. The van der Waals surface area contributed by atoms with E-state index in [2.05, 4.69) is 5.32 Å². The summed E-state index contributed by atoms with van der Waals surface area (Å²) in [4.78, 5) is 41.1. The van der Waals surface area contributed by atoms with Gasteiger partial charge in [0.2, 0.25) is 17.7 Å². The van der Waals surface area contributed by atoms with E-state index in [-0.39, 0.29) is 30.2 Å². The molecule has 2 saturated heterocycles. The second-order valence-corrected chi connectivity index (χ2v) is 7.69.